The summed E-state index contributed by atoms with van der Waals surface area (Å²) in [5.41, 5.74) is 8.54. The zero-order valence-electron chi connectivity index (χ0n) is 15.6. The second-order valence-electron chi connectivity index (χ2n) is 6.83. The monoisotopic (exact) mass is 441 g/mol. The molecule has 0 radical (unpaired) electrons. The number of rotatable bonds is 4. The van der Waals surface area contributed by atoms with Crippen molar-refractivity contribution in [2.24, 2.45) is 0 Å². The molecule has 0 saturated carbocycles. The van der Waals surface area contributed by atoms with Crippen LogP contribution in [0.1, 0.15) is 0 Å². The number of carbonyl (C=O) groups is 1. The Morgan fingerprint density at radius 3 is 2.62 bits per heavy atom. The van der Waals surface area contributed by atoms with Gasteiger partial charge in [-0.05, 0) is 30.3 Å². The van der Waals surface area contributed by atoms with E-state index in [4.69, 9.17) is 10.7 Å². The van der Waals surface area contributed by atoms with Crippen molar-refractivity contribution in [1.82, 2.24) is 14.9 Å². The molecule has 148 valence electrons. The molecule has 0 unspecified atom stereocenters. The second-order valence-corrected chi connectivity index (χ2v) is 10.1. The molecule has 5 rings (SSSR count). The van der Waals surface area contributed by atoms with Gasteiger partial charge < -0.3 is 15.5 Å². The average Bonchev–Trinajstić information content (AvgIpc) is 3.35. The fourth-order valence-corrected chi connectivity index (χ4v) is 6.38. The van der Waals surface area contributed by atoms with Gasteiger partial charge in [-0.2, -0.15) is 0 Å². The van der Waals surface area contributed by atoms with Gasteiger partial charge in [0.2, 0.25) is 5.91 Å². The van der Waals surface area contributed by atoms with E-state index in [-0.39, 0.29) is 5.91 Å². The lowest BCUT2D eigenvalue weighted by molar-refractivity contribution is -0.128. The molecule has 9 heteroatoms. The summed E-state index contributed by atoms with van der Waals surface area (Å²) in [6.45, 7) is 3.09. The second kappa shape index (κ2) is 7.81. The van der Waals surface area contributed by atoms with Gasteiger partial charge in [0.25, 0.3) is 0 Å². The first kappa shape index (κ1) is 18.7. The largest absolute Gasteiger partial charge is 0.399 e. The third-order valence-electron chi connectivity index (χ3n) is 4.90. The highest BCUT2D eigenvalue weighted by atomic mass is 32.2. The third-order valence-corrected chi connectivity index (χ3v) is 8.14. The molecule has 29 heavy (non-hydrogen) atoms. The van der Waals surface area contributed by atoms with E-state index in [0.717, 1.165) is 57.1 Å². The summed E-state index contributed by atoms with van der Waals surface area (Å²) >= 11 is 4.81. The number of nitrogens with zero attached hydrogens (tertiary/aromatic N) is 4. The lowest BCUT2D eigenvalue weighted by atomic mass is 10.3. The van der Waals surface area contributed by atoms with Gasteiger partial charge in [0.1, 0.15) is 0 Å². The first-order valence-corrected chi connectivity index (χ1v) is 11.9. The van der Waals surface area contributed by atoms with Crippen LogP contribution in [0.25, 0.3) is 20.4 Å². The van der Waals surface area contributed by atoms with E-state index in [1.165, 1.54) is 16.5 Å². The quantitative estimate of drug-likeness (QED) is 0.382. The fraction of sp³-hybridized carbons (Fsp3) is 0.250. The molecule has 2 aromatic heterocycles. The molecule has 4 aromatic rings. The van der Waals surface area contributed by atoms with E-state index in [1.54, 1.807) is 22.7 Å². The van der Waals surface area contributed by atoms with E-state index >= 15 is 0 Å². The fourth-order valence-electron chi connectivity index (χ4n) is 3.34. The molecule has 0 atom stereocenters. The number of amides is 1. The summed E-state index contributed by atoms with van der Waals surface area (Å²) in [5, 5.41) is 1.04. The topological polar surface area (TPSA) is 75.3 Å². The Labute approximate surface area is 180 Å². The van der Waals surface area contributed by atoms with Gasteiger partial charge in [-0.15, -0.1) is 11.3 Å². The van der Waals surface area contributed by atoms with Crippen LogP contribution in [0.5, 0.6) is 0 Å². The molecular formula is C20H19N5OS3. The number of hydrogen-bond acceptors (Lipinski definition) is 8. The van der Waals surface area contributed by atoms with Crippen LogP contribution in [0, 0.1) is 0 Å². The third kappa shape index (κ3) is 3.90. The zero-order valence-corrected chi connectivity index (χ0v) is 18.0. The Bertz CT molecular complexity index is 1150. The van der Waals surface area contributed by atoms with Gasteiger partial charge >= 0.3 is 0 Å². The number of carbonyl (C=O) groups excluding carboxylic acids is 1. The summed E-state index contributed by atoms with van der Waals surface area (Å²) < 4.78 is 3.17. The van der Waals surface area contributed by atoms with Crippen molar-refractivity contribution in [3.63, 3.8) is 0 Å². The maximum Gasteiger partial charge on any atom is 0.233 e. The molecule has 6 nitrogen and oxygen atoms in total. The number of thiazole rings is 2. The Morgan fingerprint density at radius 1 is 1.00 bits per heavy atom. The molecule has 1 aliphatic rings. The van der Waals surface area contributed by atoms with E-state index in [0.29, 0.717) is 5.75 Å². The van der Waals surface area contributed by atoms with Crippen molar-refractivity contribution in [2.75, 3.05) is 42.6 Å². The number of thioether (sulfide) groups is 1. The number of aromatic nitrogens is 2. The smallest absolute Gasteiger partial charge is 0.233 e. The Morgan fingerprint density at radius 2 is 1.79 bits per heavy atom. The Balaban J connectivity index is 1.17. The minimum absolute atomic E-state index is 0.165. The van der Waals surface area contributed by atoms with Gasteiger partial charge in [0, 0.05) is 31.9 Å². The lowest BCUT2D eigenvalue weighted by Gasteiger charge is -2.34. The first-order chi connectivity index (χ1) is 14.2. The SMILES string of the molecule is Nc1ccc2nc(SCC(=O)N3CCN(c4nc5ccccc5s4)CC3)sc2c1. The number of piperazine rings is 1. The lowest BCUT2D eigenvalue weighted by Crippen LogP contribution is -2.49. The van der Waals surface area contributed by atoms with Crippen LogP contribution in [0.4, 0.5) is 10.8 Å². The molecule has 2 aromatic carbocycles. The summed E-state index contributed by atoms with van der Waals surface area (Å²) in [4.78, 5) is 26.2. The van der Waals surface area contributed by atoms with Crippen LogP contribution >= 0.6 is 34.4 Å². The molecule has 1 fully saturated rings. The van der Waals surface area contributed by atoms with Gasteiger partial charge in [-0.1, -0.05) is 35.2 Å². The van der Waals surface area contributed by atoms with E-state index < -0.39 is 0 Å². The van der Waals surface area contributed by atoms with Crippen molar-refractivity contribution in [3.8, 4) is 0 Å². The van der Waals surface area contributed by atoms with Gasteiger partial charge in [-0.25, -0.2) is 9.97 Å². The molecule has 1 saturated heterocycles. The number of nitrogens with two attached hydrogens (primary N) is 1. The molecule has 3 heterocycles. The van der Waals surface area contributed by atoms with E-state index in [2.05, 4.69) is 16.0 Å². The number of para-hydroxylation sites is 1. The van der Waals surface area contributed by atoms with Crippen molar-refractivity contribution in [2.45, 2.75) is 4.34 Å². The van der Waals surface area contributed by atoms with Gasteiger partial charge in [-0.3, -0.25) is 4.79 Å². The number of anilines is 2. The van der Waals surface area contributed by atoms with Crippen LogP contribution < -0.4 is 10.6 Å². The molecule has 1 aliphatic heterocycles. The van der Waals surface area contributed by atoms with Crippen LogP contribution in [0.2, 0.25) is 0 Å². The van der Waals surface area contributed by atoms with Crippen molar-refractivity contribution in [1.29, 1.82) is 0 Å². The minimum Gasteiger partial charge on any atom is -0.399 e. The highest BCUT2D eigenvalue weighted by Crippen LogP contribution is 2.31. The number of hydrogen-bond donors (Lipinski definition) is 1. The van der Waals surface area contributed by atoms with Crippen molar-refractivity contribution < 1.29 is 4.79 Å². The van der Waals surface area contributed by atoms with Crippen LogP contribution in [-0.2, 0) is 4.79 Å². The molecular weight excluding hydrogens is 422 g/mol. The van der Waals surface area contributed by atoms with Gasteiger partial charge in [0.15, 0.2) is 9.47 Å². The highest BCUT2D eigenvalue weighted by molar-refractivity contribution is 8.01. The van der Waals surface area contributed by atoms with Crippen LogP contribution in [-0.4, -0.2) is 52.7 Å². The van der Waals surface area contributed by atoms with Crippen molar-refractivity contribution in [3.05, 3.63) is 42.5 Å². The minimum atomic E-state index is 0.165. The Kier molecular flexibility index (Phi) is 5.03. The summed E-state index contributed by atoms with van der Waals surface area (Å²) in [7, 11) is 0. The average molecular weight is 442 g/mol. The number of fused-ring (bicyclic) bond motifs is 2. The zero-order chi connectivity index (χ0) is 19.8. The van der Waals surface area contributed by atoms with E-state index in [9.17, 15) is 4.79 Å². The number of nitrogen functional groups attached to an aromatic ring is 1. The van der Waals surface area contributed by atoms with E-state index in [1.807, 2.05) is 41.3 Å². The summed E-state index contributed by atoms with van der Waals surface area (Å²) in [6, 6.07) is 13.9. The summed E-state index contributed by atoms with van der Waals surface area (Å²) in [6.07, 6.45) is 0. The standard InChI is InChI=1S/C20H19N5OS3/c21-13-5-6-15-17(11-13)29-20(23-15)27-12-18(26)24-7-9-25(10-8-24)19-22-14-3-1-2-4-16(14)28-19/h1-6,11H,7-10,12,21H2. The molecule has 2 N–H and O–H groups in total. The highest BCUT2D eigenvalue weighted by Gasteiger charge is 2.23. The Hall–Kier alpha value is -2.36. The van der Waals surface area contributed by atoms with Crippen molar-refractivity contribution >= 4 is 71.6 Å². The first-order valence-electron chi connectivity index (χ1n) is 9.33. The predicted molar refractivity (Wildman–Crippen MR) is 123 cm³/mol. The van der Waals surface area contributed by atoms with Crippen LogP contribution in [0.3, 0.4) is 0 Å². The molecule has 1 amide bonds. The maximum absolute atomic E-state index is 12.7. The molecule has 0 bridgehead atoms. The molecule has 0 aliphatic carbocycles. The van der Waals surface area contributed by atoms with Crippen LogP contribution in [0.15, 0.2) is 46.8 Å². The maximum atomic E-state index is 12.7. The number of benzene rings is 2. The molecule has 0 spiro atoms. The normalized spacial score (nSPS) is 14.8. The van der Waals surface area contributed by atoms with Gasteiger partial charge in [0.05, 0.1) is 26.2 Å². The predicted octanol–water partition coefficient (Wildman–Crippen LogP) is 3.93. The summed E-state index contributed by atoms with van der Waals surface area (Å²) in [5.74, 6) is 0.578.